The molecule has 0 saturated carbocycles. The Balaban J connectivity index is 1.44. The number of amides is 1. The van der Waals surface area contributed by atoms with Crippen molar-refractivity contribution in [1.82, 2.24) is 20.2 Å². The lowest BCUT2D eigenvalue weighted by molar-refractivity contribution is -0.132. The molecular weight excluding hydrogens is 400 g/mol. The summed E-state index contributed by atoms with van der Waals surface area (Å²) in [6, 6.07) is 8.37. The highest BCUT2D eigenvalue weighted by Crippen LogP contribution is 2.35. The van der Waals surface area contributed by atoms with Crippen molar-refractivity contribution in [2.24, 2.45) is 0 Å². The van der Waals surface area contributed by atoms with Crippen LogP contribution in [0.25, 0.3) is 16.5 Å². The molecule has 2 aliphatic heterocycles. The first-order chi connectivity index (χ1) is 15.7. The van der Waals surface area contributed by atoms with Gasteiger partial charge in [-0.15, -0.1) is 0 Å². The molecule has 2 aliphatic rings. The van der Waals surface area contributed by atoms with E-state index in [0.29, 0.717) is 18.7 Å². The van der Waals surface area contributed by atoms with E-state index >= 15 is 0 Å². The minimum atomic E-state index is -0.0444. The van der Waals surface area contributed by atoms with Gasteiger partial charge in [0.15, 0.2) is 0 Å². The molecule has 3 N–H and O–H groups in total. The zero-order chi connectivity index (χ0) is 22.1. The van der Waals surface area contributed by atoms with Crippen molar-refractivity contribution in [2.75, 3.05) is 25.0 Å². The number of aromatic nitrogens is 2. The first-order valence-corrected chi connectivity index (χ1v) is 11.1. The molecule has 0 unspecified atom stereocenters. The highest BCUT2D eigenvalue weighted by Gasteiger charge is 2.28. The summed E-state index contributed by atoms with van der Waals surface area (Å²) in [5.74, 6) is 0.190. The number of benzene rings is 1. The quantitative estimate of drug-likeness (QED) is 0.589. The smallest absolute Gasteiger partial charge is 0.239 e. The van der Waals surface area contributed by atoms with Gasteiger partial charge in [-0.3, -0.25) is 9.78 Å². The number of carbonyl (C=O) groups excluding carboxylic acids is 1. The van der Waals surface area contributed by atoms with Crippen molar-refractivity contribution in [2.45, 2.75) is 32.2 Å². The minimum absolute atomic E-state index is 0.0444. The van der Waals surface area contributed by atoms with Crippen molar-refractivity contribution in [1.29, 1.82) is 5.26 Å². The number of nitrogens with one attached hydrogen (secondary N) is 3. The van der Waals surface area contributed by atoms with Crippen LogP contribution < -0.4 is 10.6 Å². The third-order valence-corrected chi connectivity index (χ3v) is 6.55. The summed E-state index contributed by atoms with van der Waals surface area (Å²) in [6.07, 6.45) is 10.2. The van der Waals surface area contributed by atoms with Gasteiger partial charge >= 0.3 is 0 Å². The average Bonchev–Trinajstić information content (AvgIpc) is 3.53. The van der Waals surface area contributed by atoms with Crippen LogP contribution >= 0.6 is 0 Å². The van der Waals surface area contributed by atoms with Gasteiger partial charge in [-0.1, -0.05) is 6.08 Å². The van der Waals surface area contributed by atoms with Gasteiger partial charge in [-0.25, -0.2) is 0 Å². The Hall–Kier alpha value is -3.63. The number of nitriles is 1. The van der Waals surface area contributed by atoms with Crippen LogP contribution in [0, 0.1) is 18.3 Å². The van der Waals surface area contributed by atoms with Crippen LogP contribution in [-0.4, -0.2) is 46.5 Å². The van der Waals surface area contributed by atoms with Gasteiger partial charge in [0.25, 0.3) is 0 Å². The van der Waals surface area contributed by atoms with Crippen LogP contribution in [0.5, 0.6) is 0 Å². The molecule has 2 aromatic heterocycles. The monoisotopic (exact) mass is 426 g/mol. The SMILES string of the molecule is Cc1c(Nc2c(C#N)cncc2C2=CCN(C(=O)[C@H]3CCCN3)CC2)ccc2[nH]ccc12. The molecule has 1 atom stereocenters. The maximum atomic E-state index is 12.7. The zero-order valence-corrected chi connectivity index (χ0v) is 18.1. The van der Waals surface area contributed by atoms with Crippen LogP contribution in [0.15, 0.2) is 42.9 Å². The lowest BCUT2D eigenvalue weighted by Crippen LogP contribution is -2.45. The Morgan fingerprint density at radius 3 is 2.97 bits per heavy atom. The second-order valence-electron chi connectivity index (χ2n) is 8.44. The largest absolute Gasteiger partial charge is 0.361 e. The van der Waals surface area contributed by atoms with E-state index in [0.717, 1.165) is 64.8 Å². The highest BCUT2D eigenvalue weighted by atomic mass is 16.2. The summed E-state index contributed by atoms with van der Waals surface area (Å²) in [6.45, 7) is 4.25. The molecule has 0 aliphatic carbocycles. The molecule has 4 heterocycles. The summed E-state index contributed by atoms with van der Waals surface area (Å²) in [5, 5.41) is 17.7. The lowest BCUT2D eigenvalue weighted by Gasteiger charge is -2.29. The maximum Gasteiger partial charge on any atom is 0.239 e. The molecule has 1 fully saturated rings. The van der Waals surface area contributed by atoms with Gasteiger partial charge in [0.2, 0.25) is 5.91 Å². The average molecular weight is 427 g/mol. The molecule has 32 heavy (non-hydrogen) atoms. The number of hydrogen-bond donors (Lipinski definition) is 3. The van der Waals surface area contributed by atoms with Crippen molar-refractivity contribution < 1.29 is 4.79 Å². The summed E-state index contributed by atoms with van der Waals surface area (Å²) in [5.41, 5.74) is 6.47. The predicted molar refractivity (Wildman–Crippen MR) is 125 cm³/mol. The number of anilines is 2. The molecule has 0 spiro atoms. The molecule has 7 heteroatoms. The number of rotatable bonds is 4. The van der Waals surface area contributed by atoms with Crippen molar-refractivity contribution >= 4 is 33.8 Å². The fraction of sp³-hybridized carbons (Fsp3) is 0.320. The summed E-state index contributed by atoms with van der Waals surface area (Å²) < 4.78 is 0. The number of pyridine rings is 1. The number of hydrogen-bond acceptors (Lipinski definition) is 5. The first kappa shape index (κ1) is 20.3. The normalized spacial score (nSPS) is 18.4. The lowest BCUT2D eigenvalue weighted by atomic mass is 9.96. The van der Waals surface area contributed by atoms with Gasteiger partial charge in [-0.2, -0.15) is 5.26 Å². The number of H-pyrrole nitrogens is 1. The van der Waals surface area contributed by atoms with E-state index in [9.17, 15) is 10.1 Å². The van der Waals surface area contributed by atoms with Crippen LogP contribution in [0.4, 0.5) is 11.4 Å². The third kappa shape index (κ3) is 3.63. The van der Waals surface area contributed by atoms with Crippen molar-refractivity contribution in [3.8, 4) is 6.07 Å². The van der Waals surface area contributed by atoms with E-state index in [1.807, 2.05) is 29.4 Å². The molecular formula is C25H26N6O. The first-order valence-electron chi connectivity index (χ1n) is 11.1. The van der Waals surface area contributed by atoms with Gasteiger partial charge in [0.05, 0.1) is 17.3 Å². The second-order valence-corrected chi connectivity index (χ2v) is 8.44. The number of aryl methyl sites for hydroxylation is 1. The van der Waals surface area contributed by atoms with Gasteiger partial charge in [0.1, 0.15) is 6.07 Å². The van der Waals surface area contributed by atoms with Crippen LogP contribution in [0.3, 0.4) is 0 Å². The number of carbonyl (C=O) groups is 1. The third-order valence-electron chi connectivity index (χ3n) is 6.55. The number of aromatic amines is 1. The van der Waals surface area contributed by atoms with E-state index in [1.165, 1.54) is 0 Å². The standard InChI is InChI=1S/C25H26N6O/c1-16-19-6-10-29-22(19)5-4-21(16)30-24-18(13-26)14-27-15-20(24)17-7-11-31(12-8-17)25(32)23-3-2-9-28-23/h4-7,10,14-15,23,28-29H,2-3,8-9,11-12H2,1H3,(H,27,30)/t23-/m1/s1. The van der Waals surface area contributed by atoms with Crippen LogP contribution in [-0.2, 0) is 4.79 Å². The van der Waals surface area contributed by atoms with Crippen molar-refractivity contribution in [3.05, 3.63) is 59.6 Å². The van der Waals surface area contributed by atoms with E-state index in [4.69, 9.17) is 0 Å². The predicted octanol–water partition coefficient (Wildman–Crippen LogP) is 3.85. The van der Waals surface area contributed by atoms with E-state index in [1.54, 1.807) is 6.20 Å². The fourth-order valence-electron chi connectivity index (χ4n) is 4.71. The summed E-state index contributed by atoms with van der Waals surface area (Å²) in [4.78, 5) is 22.2. The van der Waals surface area contributed by atoms with E-state index in [2.05, 4.69) is 45.7 Å². The van der Waals surface area contributed by atoms with E-state index in [-0.39, 0.29) is 11.9 Å². The Kier molecular flexibility index (Phi) is 5.38. The fourth-order valence-corrected chi connectivity index (χ4v) is 4.71. The second kappa shape index (κ2) is 8.48. The molecule has 0 bridgehead atoms. The molecule has 7 nitrogen and oxygen atoms in total. The molecule has 1 amide bonds. The highest BCUT2D eigenvalue weighted by molar-refractivity contribution is 5.91. The molecule has 1 aromatic carbocycles. The Labute approximate surface area is 187 Å². The summed E-state index contributed by atoms with van der Waals surface area (Å²) >= 11 is 0. The Morgan fingerprint density at radius 2 is 2.22 bits per heavy atom. The summed E-state index contributed by atoms with van der Waals surface area (Å²) in [7, 11) is 0. The molecule has 1 saturated heterocycles. The molecule has 0 radical (unpaired) electrons. The van der Waals surface area contributed by atoms with Gasteiger partial charge < -0.3 is 20.5 Å². The Morgan fingerprint density at radius 1 is 1.31 bits per heavy atom. The van der Waals surface area contributed by atoms with Crippen molar-refractivity contribution in [3.63, 3.8) is 0 Å². The molecule has 5 rings (SSSR count). The molecule has 162 valence electrons. The Bertz CT molecular complexity index is 1250. The zero-order valence-electron chi connectivity index (χ0n) is 18.1. The van der Waals surface area contributed by atoms with Crippen LogP contribution in [0.1, 0.15) is 36.0 Å². The molecule has 3 aromatic rings. The van der Waals surface area contributed by atoms with Crippen LogP contribution in [0.2, 0.25) is 0 Å². The minimum Gasteiger partial charge on any atom is -0.361 e. The van der Waals surface area contributed by atoms with Gasteiger partial charge in [-0.05, 0) is 62.1 Å². The van der Waals surface area contributed by atoms with Gasteiger partial charge in [0, 0.05) is 53.8 Å². The maximum absolute atomic E-state index is 12.7. The topological polar surface area (TPSA) is 96.8 Å². The van der Waals surface area contributed by atoms with E-state index < -0.39 is 0 Å². The number of nitrogens with zero attached hydrogens (tertiary/aromatic N) is 3. The number of fused-ring (bicyclic) bond motifs is 1.